The van der Waals surface area contributed by atoms with E-state index in [0.29, 0.717) is 28.2 Å². The molecule has 32 heteroatoms. The van der Waals surface area contributed by atoms with Crippen molar-refractivity contribution in [1.82, 2.24) is 71.0 Å². The van der Waals surface area contributed by atoms with Crippen molar-refractivity contribution in [2.24, 2.45) is 0 Å². The highest BCUT2D eigenvalue weighted by molar-refractivity contribution is 8.02. The number of thioether (sulfide) groups is 4. The van der Waals surface area contributed by atoms with E-state index in [-0.39, 0.29) is 34.6 Å². The van der Waals surface area contributed by atoms with Crippen LogP contribution in [-0.2, 0) is 51.3 Å². The number of hydrogen-bond donors (Lipinski definition) is 6. The maximum Gasteiger partial charge on any atom is 0.352 e. The van der Waals surface area contributed by atoms with Crippen LogP contribution in [-0.4, -0.2) is 170 Å². The van der Waals surface area contributed by atoms with Crippen LogP contribution in [0.15, 0.2) is 68.7 Å². The van der Waals surface area contributed by atoms with E-state index in [2.05, 4.69) is 51.9 Å². The van der Waals surface area contributed by atoms with Crippen molar-refractivity contribution in [2.45, 2.75) is 57.8 Å². The number of nitrogens with zero attached hydrogens (tertiary/aromatic N) is 12. The summed E-state index contributed by atoms with van der Waals surface area (Å²) in [6.07, 6.45) is -0.194. The van der Waals surface area contributed by atoms with Crippen LogP contribution < -0.4 is 10.6 Å². The number of amides is 4. The fraction of sp³-hybridized carbons (Fsp3) is 0.375. The van der Waals surface area contributed by atoms with Crippen LogP contribution in [0.5, 0.6) is 0 Å². The zero-order chi connectivity index (χ0) is 45.9. The number of carboxylic acid groups (broad SMARTS) is 2. The summed E-state index contributed by atoms with van der Waals surface area (Å²) in [6, 6.07) is 6.39. The molecule has 6 N–H and O–H groups in total. The molecule has 4 aliphatic heterocycles. The average Bonchev–Trinajstić information content (AvgIpc) is 4.05. The van der Waals surface area contributed by atoms with E-state index in [0.717, 1.165) is 30.7 Å². The molecule has 0 spiro atoms. The SMILES string of the molecule is Cc1nnc(SCC2=C(C(=O)O)N3C(=O)[C@@H](NC(=O)Cn4cnnn4)[C@H]3SC2)s1.O=C(O)C1=C(CSc2nnnn2CS(=O)(=O)O)CS[C@@H]2[C@H](NC(=O)[C@H](O)c3ccccc3)C(=O)N12. The summed E-state index contributed by atoms with van der Waals surface area (Å²) in [5.74, 6) is -4.58. The molecule has 0 saturated carbocycles. The Kier molecular flexibility index (Phi) is 14.3. The van der Waals surface area contributed by atoms with E-state index in [9.17, 15) is 52.5 Å². The number of carboxylic acids is 2. The van der Waals surface area contributed by atoms with Gasteiger partial charge in [0.05, 0.1) is 0 Å². The molecule has 3 aromatic heterocycles. The molecule has 0 bridgehead atoms. The van der Waals surface area contributed by atoms with Crippen LogP contribution in [0.25, 0.3) is 0 Å². The molecule has 0 radical (unpaired) electrons. The van der Waals surface area contributed by atoms with E-state index >= 15 is 0 Å². The number of aliphatic carboxylic acids is 2. The third-order valence-corrected chi connectivity index (χ3v) is 15.6. The first-order valence-electron chi connectivity index (χ1n) is 18.1. The van der Waals surface area contributed by atoms with Gasteiger partial charge in [-0.15, -0.1) is 43.9 Å². The molecule has 8 rings (SSSR count). The molecule has 5 atom stereocenters. The van der Waals surface area contributed by atoms with Crippen molar-refractivity contribution in [3.63, 3.8) is 0 Å². The minimum absolute atomic E-state index is 0.0153. The summed E-state index contributed by atoms with van der Waals surface area (Å²) in [5, 5.41) is 63.5. The van der Waals surface area contributed by atoms with Crippen molar-refractivity contribution in [1.29, 1.82) is 0 Å². The average molecular weight is 997 g/mol. The summed E-state index contributed by atoms with van der Waals surface area (Å²) < 4.78 is 34.0. The molecule has 338 valence electrons. The van der Waals surface area contributed by atoms with E-state index in [1.165, 1.54) is 62.5 Å². The summed E-state index contributed by atoms with van der Waals surface area (Å²) in [5.41, 5.74) is 1.11. The monoisotopic (exact) mass is 996 g/mol. The Bertz CT molecular complexity index is 2650. The minimum atomic E-state index is -4.40. The molecule has 4 aliphatic rings. The number of fused-ring (bicyclic) bond motifs is 2. The Hall–Kier alpha value is -5.51. The third-order valence-electron chi connectivity index (χ3n) is 9.21. The molecule has 26 nitrogen and oxygen atoms in total. The molecule has 2 saturated heterocycles. The lowest BCUT2D eigenvalue weighted by molar-refractivity contribution is -0.151. The van der Waals surface area contributed by atoms with E-state index in [1.807, 2.05) is 6.92 Å². The molecule has 64 heavy (non-hydrogen) atoms. The number of nitrogens with one attached hydrogen (secondary N) is 2. The van der Waals surface area contributed by atoms with Gasteiger partial charge in [-0.05, 0) is 44.5 Å². The smallest absolute Gasteiger partial charge is 0.352 e. The van der Waals surface area contributed by atoms with Crippen LogP contribution in [0.1, 0.15) is 16.7 Å². The molecule has 4 amide bonds. The van der Waals surface area contributed by atoms with Gasteiger partial charge in [-0.2, -0.15) is 8.42 Å². The second-order valence-electron chi connectivity index (χ2n) is 13.5. The van der Waals surface area contributed by atoms with E-state index in [4.69, 9.17) is 4.55 Å². The van der Waals surface area contributed by atoms with Gasteiger partial charge in [0, 0.05) is 23.0 Å². The molecule has 2 fully saturated rings. The summed E-state index contributed by atoms with van der Waals surface area (Å²) in [7, 11) is -4.40. The third kappa shape index (κ3) is 10.4. The molecule has 7 heterocycles. The first kappa shape index (κ1) is 46.5. The number of hydrogen-bond acceptors (Lipinski definition) is 22. The quantitative estimate of drug-likeness (QED) is 0.0420. The van der Waals surface area contributed by atoms with Crippen LogP contribution >= 0.6 is 58.4 Å². The predicted octanol–water partition coefficient (Wildman–Crippen LogP) is -1.55. The zero-order valence-electron chi connectivity index (χ0n) is 32.5. The van der Waals surface area contributed by atoms with Crippen molar-refractivity contribution in [3.8, 4) is 0 Å². The van der Waals surface area contributed by atoms with E-state index < -0.39 is 80.5 Å². The Morgan fingerprint density at radius 2 is 1.47 bits per heavy atom. The number of aliphatic hydroxyl groups is 1. The van der Waals surface area contributed by atoms with Crippen LogP contribution in [0.4, 0.5) is 0 Å². The summed E-state index contributed by atoms with van der Waals surface area (Å²) >= 11 is 6.42. The van der Waals surface area contributed by atoms with Gasteiger partial charge in [0.1, 0.15) is 52.1 Å². The first-order valence-corrected chi connectivity index (χ1v) is 24.6. The standard InChI is InChI=1S/C18H18N6O8S3.C14H14N8O4S3/c25-13(9-4-2-1-3-5-9)14(26)19-11-15(27)24-12(17(28)29)10(6-33-16(11)24)7-34-18-20-21-22-23(18)8-35(30,31)32;1-6-17-18-14(29-6)28-4-7-3-27-12-9(11(24)22(12)10(7)13(25)26)16-8(23)2-21-5-15-19-20-21/h1-5,11,13,16,25H,6-8H2,(H,19,26)(H,28,29)(H,30,31,32);5,9,12H,2-4H2,1H3,(H,16,23)(H,25,26)/t11-,13-,16-;9-,12-/m11/s1. The van der Waals surface area contributed by atoms with Gasteiger partial charge in [0.15, 0.2) is 16.3 Å². The van der Waals surface area contributed by atoms with Gasteiger partial charge in [0.2, 0.25) is 11.1 Å². The Labute approximate surface area is 380 Å². The van der Waals surface area contributed by atoms with Gasteiger partial charge in [-0.25, -0.2) is 19.0 Å². The molecular weight excluding hydrogens is 965 g/mol. The van der Waals surface area contributed by atoms with Crippen LogP contribution in [0, 0.1) is 6.92 Å². The molecule has 4 aromatic rings. The largest absolute Gasteiger partial charge is 0.477 e. The van der Waals surface area contributed by atoms with Gasteiger partial charge < -0.3 is 26.0 Å². The number of rotatable bonds is 16. The summed E-state index contributed by atoms with van der Waals surface area (Å²) in [4.78, 5) is 76.1. The molecule has 1 aromatic carbocycles. The van der Waals surface area contributed by atoms with Crippen LogP contribution in [0.3, 0.4) is 0 Å². The lowest BCUT2D eigenvalue weighted by Crippen LogP contribution is -2.70. The highest BCUT2D eigenvalue weighted by Gasteiger charge is 2.55. The van der Waals surface area contributed by atoms with Gasteiger partial charge in [-0.3, -0.25) is 33.5 Å². The number of carbonyl (C=O) groups is 6. The highest BCUT2D eigenvalue weighted by Crippen LogP contribution is 2.43. The summed E-state index contributed by atoms with van der Waals surface area (Å²) in [6.45, 7) is 1.72. The topological polar surface area (TPSA) is 361 Å². The highest BCUT2D eigenvalue weighted by atomic mass is 32.2. The van der Waals surface area contributed by atoms with Gasteiger partial charge in [0.25, 0.3) is 27.8 Å². The lowest BCUT2D eigenvalue weighted by atomic mass is 10.0. The fourth-order valence-electron chi connectivity index (χ4n) is 6.40. The minimum Gasteiger partial charge on any atom is -0.477 e. The Balaban J connectivity index is 0.000000195. The molecule has 0 unspecified atom stereocenters. The Morgan fingerprint density at radius 3 is 2.02 bits per heavy atom. The number of carbonyl (C=O) groups excluding carboxylic acids is 4. The number of aromatic nitrogens is 10. The number of benzene rings is 1. The zero-order valence-corrected chi connectivity index (χ0v) is 37.4. The van der Waals surface area contributed by atoms with Crippen LogP contribution in [0.2, 0.25) is 0 Å². The normalized spacial score (nSPS) is 20.9. The Morgan fingerprint density at radius 1 is 0.859 bits per heavy atom. The van der Waals surface area contributed by atoms with Crippen molar-refractivity contribution in [3.05, 3.63) is 69.8 Å². The number of β-lactam (4-membered cyclic amide) rings is 2. The fourth-order valence-corrected chi connectivity index (χ4v) is 12.6. The molecular formula is C32H32N14O12S6. The predicted molar refractivity (Wildman–Crippen MR) is 224 cm³/mol. The number of tetrazole rings is 2. The van der Waals surface area contributed by atoms with Crippen molar-refractivity contribution < 1.29 is 57.1 Å². The number of aryl methyl sites for hydroxylation is 1. The van der Waals surface area contributed by atoms with Gasteiger partial charge >= 0.3 is 11.9 Å². The maximum atomic E-state index is 12.8. The second kappa shape index (κ2) is 19.7. The van der Waals surface area contributed by atoms with E-state index in [1.54, 1.807) is 30.3 Å². The second-order valence-corrected chi connectivity index (χ2v) is 20.5. The maximum absolute atomic E-state index is 12.8. The first-order chi connectivity index (χ1) is 30.5. The number of aliphatic hydroxyl groups excluding tert-OH is 1. The van der Waals surface area contributed by atoms with Crippen molar-refractivity contribution in [2.75, 3.05) is 23.0 Å². The molecule has 0 aliphatic carbocycles. The lowest BCUT2D eigenvalue weighted by Gasteiger charge is -2.49. The van der Waals surface area contributed by atoms with Crippen molar-refractivity contribution >= 4 is 104 Å². The van der Waals surface area contributed by atoms with Gasteiger partial charge in [-0.1, -0.05) is 65.2 Å².